The van der Waals surface area contributed by atoms with Crippen molar-refractivity contribution in [1.29, 1.82) is 0 Å². The van der Waals surface area contributed by atoms with Gasteiger partial charge in [0.2, 0.25) is 11.8 Å². The van der Waals surface area contributed by atoms with Gasteiger partial charge in [-0.3, -0.25) is 9.59 Å². The van der Waals surface area contributed by atoms with Crippen molar-refractivity contribution in [2.45, 2.75) is 44.6 Å². The topological polar surface area (TPSA) is 75.4 Å². The van der Waals surface area contributed by atoms with E-state index in [1.807, 2.05) is 24.3 Å². The van der Waals surface area contributed by atoms with Crippen LogP contribution in [0.5, 0.6) is 0 Å². The highest BCUT2D eigenvalue weighted by atomic mass is 16.2. The van der Waals surface area contributed by atoms with Gasteiger partial charge in [0, 0.05) is 32.2 Å². The molecule has 2 rings (SSSR count). The zero-order chi connectivity index (χ0) is 16.8. The van der Waals surface area contributed by atoms with Crippen LogP contribution >= 0.6 is 0 Å². The SMILES string of the molecule is CN(C)C(=O)Cc1ccc(NC(=O)CC2CCCCC2N)cc1. The molecule has 0 spiro atoms. The fourth-order valence-corrected chi connectivity index (χ4v) is 2.98. The average molecular weight is 317 g/mol. The molecule has 23 heavy (non-hydrogen) atoms. The maximum Gasteiger partial charge on any atom is 0.226 e. The van der Waals surface area contributed by atoms with E-state index in [4.69, 9.17) is 5.73 Å². The number of carbonyl (C=O) groups is 2. The number of benzene rings is 1. The number of carbonyl (C=O) groups excluding carboxylic acids is 2. The van der Waals surface area contributed by atoms with Crippen molar-refractivity contribution in [2.75, 3.05) is 19.4 Å². The van der Waals surface area contributed by atoms with Crippen LogP contribution in [-0.4, -0.2) is 36.9 Å². The van der Waals surface area contributed by atoms with Gasteiger partial charge < -0.3 is 16.0 Å². The van der Waals surface area contributed by atoms with Crippen LogP contribution < -0.4 is 11.1 Å². The van der Waals surface area contributed by atoms with Crippen LogP contribution in [0.15, 0.2) is 24.3 Å². The zero-order valence-electron chi connectivity index (χ0n) is 14.0. The predicted octanol–water partition coefficient (Wildman–Crippen LogP) is 2.16. The third kappa shape index (κ3) is 5.36. The maximum atomic E-state index is 12.2. The molecule has 2 atom stereocenters. The predicted molar refractivity (Wildman–Crippen MR) is 92.0 cm³/mol. The minimum atomic E-state index is 0.0180. The molecule has 1 aliphatic carbocycles. The van der Waals surface area contributed by atoms with E-state index in [-0.39, 0.29) is 17.9 Å². The Morgan fingerprint density at radius 3 is 2.43 bits per heavy atom. The Hall–Kier alpha value is -1.88. The van der Waals surface area contributed by atoms with Gasteiger partial charge in [0.05, 0.1) is 6.42 Å². The van der Waals surface area contributed by atoms with Gasteiger partial charge in [0.15, 0.2) is 0 Å². The molecule has 3 N–H and O–H groups in total. The van der Waals surface area contributed by atoms with E-state index >= 15 is 0 Å². The van der Waals surface area contributed by atoms with Gasteiger partial charge in [0.25, 0.3) is 0 Å². The molecular formula is C18H27N3O2. The molecule has 0 aromatic heterocycles. The molecule has 1 aromatic rings. The number of nitrogens with two attached hydrogens (primary N) is 1. The second-order valence-corrected chi connectivity index (χ2v) is 6.62. The van der Waals surface area contributed by atoms with E-state index in [9.17, 15) is 9.59 Å². The number of amides is 2. The van der Waals surface area contributed by atoms with Crippen molar-refractivity contribution >= 4 is 17.5 Å². The van der Waals surface area contributed by atoms with Gasteiger partial charge in [0.1, 0.15) is 0 Å². The Morgan fingerprint density at radius 1 is 1.17 bits per heavy atom. The lowest BCUT2D eigenvalue weighted by Gasteiger charge is -2.27. The molecule has 1 saturated carbocycles. The minimum Gasteiger partial charge on any atom is -0.349 e. The Kier molecular flexibility index (Phi) is 6.16. The largest absolute Gasteiger partial charge is 0.349 e. The Bertz CT molecular complexity index is 540. The number of hydrogen-bond acceptors (Lipinski definition) is 3. The van der Waals surface area contributed by atoms with E-state index < -0.39 is 0 Å². The fraction of sp³-hybridized carbons (Fsp3) is 0.556. The summed E-state index contributed by atoms with van der Waals surface area (Å²) in [6.45, 7) is 0. The maximum absolute atomic E-state index is 12.2. The fourth-order valence-electron chi connectivity index (χ4n) is 2.98. The van der Waals surface area contributed by atoms with Crippen LogP contribution in [0.1, 0.15) is 37.7 Å². The van der Waals surface area contributed by atoms with Crippen molar-refractivity contribution in [2.24, 2.45) is 11.7 Å². The summed E-state index contributed by atoms with van der Waals surface area (Å²) >= 11 is 0. The average Bonchev–Trinajstić information content (AvgIpc) is 2.51. The summed E-state index contributed by atoms with van der Waals surface area (Å²) in [7, 11) is 3.49. The normalized spacial score (nSPS) is 20.8. The van der Waals surface area contributed by atoms with Gasteiger partial charge in [-0.1, -0.05) is 25.0 Å². The highest BCUT2D eigenvalue weighted by molar-refractivity contribution is 5.91. The van der Waals surface area contributed by atoms with E-state index in [1.165, 1.54) is 12.8 Å². The second-order valence-electron chi connectivity index (χ2n) is 6.62. The molecule has 1 aliphatic rings. The first-order chi connectivity index (χ1) is 11.0. The Morgan fingerprint density at radius 2 is 1.83 bits per heavy atom. The van der Waals surface area contributed by atoms with Crippen LogP contribution in [0.25, 0.3) is 0 Å². The summed E-state index contributed by atoms with van der Waals surface area (Å²) in [4.78, 5) is 25.4. The Balaban J connectivity index is 1.85. The standard InChI is InChI=1S/C18H27N3O2/c1-21(2)18(23)11-13-7-9-15(10-8-13)20-17(22)12-14-5-3-4-6-16(14)19/h7-10,14,16H,3-6,11-12,19H2,1-2H3,(H,20,22). The van der Waals surface area contributed by atoms with Gasteiger partial charge in [-0.25, -0.2) is 0 Å². The van der Waals surface area contributed by atoms with E-state index in [2.05, 4.69) is 5.32 Å². The number of rotatable bonds is 5. The molecular weight excluding hydrogens is 290 g/mol. The first kappa shape index (κ1) is 17.5. The summed E-state index contributed by atoms with van der Waals surface area (Å²) in [6.07, 6.45) is 5.26. The molecule has 1 aromatic carbocycles. The van der Waals surface area contributed by atoms with Crippen LogP contribution in [0, 0.1) is 5.92 Å². The quantitative estimate of drug-likeness (QED) is 0.874. The molecule has 126 valence electrons. The van der Waals surface area contributed by atoms with Crippen molar-refractivity contribution in [3.63, 3.8) is 0 Å². The summed E-state index contributed by atoms with van der Waals surface area (Å²) in [5, 5.41) is 2.92. The van der Waals surface area contributed by atoms with E-state index in [1.54, 1.807) is 19.0 Å². The number of nitrogens with zero attached hydrogens (tertiary/aromatic N) is 1. The van der Waals surface area contributed by atoms with Gasteiger partial charge in [-0.2, -0.15) is 0 Å². The molecule has 0 radical (unpaired) electrons. The van der Waals surface area contributed by atoms with E-state index in [0.717, 1.165) is 24.1 Å². The van der Waals surface area contributed by atoms with Crippen LogP contribution in [-0.2, 0) is 16.0 Å². The van der Waals surface area contributed by atoms with Crippen LogP contribution in [0.4, 0.5) is 5.69 Å². The van der Waals surface area contributed by atoms with Crippen molar-refractivity contribution < 1.29 is 9.59 Å². The monoisotopic (exact) mass is 317 g/mol. The summed E-state index contributed by atoms with van der Waals surface area (Å²) < 4.78 is 0. The van der Waals surface area contributed by atoms with Crippen molar-refractivity contribution in [3.05, 3.63) is 29.8 Å². The molecule has 0 saturated heterocycles. The van der Waals surface area contributed by atoms with Crippen molar-refractivity contribution in [3.8, 4) is 0 Å². The highest BCUT2D eigenvalue weighted by Crippen LogP contribution is 2.26. The highest BCUT2D eigenvalue weighted by Gasteiger charge is 2.24. The van der Waals surface area contributed by atoms with Crippen LogP contribution in [0.2, 0.25) is 0 Å². The summed E-state index contributed by atoms with van der Waals surface area (Å²) in [6, 6.07) is 7.59. The third-order valence-electron chi connectivity index (χ3n) is 4.51. The Labute approximate surface area is 138 Å². The summed E-state index contributed by atoms with van der Waals surface area (Å²) in [5.74, 6) is 0.373. The van der Waals surface area contributed by atoms with Gasteiger partial charge in [-0.05, 0) is 36.5 Å². The molecule has 2 unspecified atom stereocenters. The second kappa shape index (κ2) is 8.11. The lowest BCUT2D eigenvalue weighted by atomic mass is 9.83. The minimum absolute atomic E-state index is 0.0180. The molecule has 0 bridgehead atoms. The molecule has 0 heterocycles. The molecule has 1 fully saturated rings. The zero-order valence-corrected chi connectivity index (χ0v) is 14.0. The number of likely N-dealkylation sites (N-methyl/N-ethyl adjacent to an activating group) is 1. The van der Waals surface area contributed by atoms with Crippen molar-refractivity contribution in [1.82, 2.24) is 4.90 Å². The molecule has 0 aliphatic heterocycles. The third-order valence-corrected chi connectivity index (χ3v) is 4.51. The summed E-state index contributed by atoms with van der Waals surface area (Å²) in [5.41, 5.74) is 7.80. The van der Waals surface area contributed by atoms with E-state index in [0.29, 0.717) is 18.8 Å². The molecule has 5 nitrogen and oxygen atoms in total. The first-order valence-corrected chi connectivity index (χ1v) is 8.30. The molecule has 2 amide bonds. The van der Waals surface area contributed by atoms with Gasteiger partial charge >= 0.3 is 0 Å². The lowest BCUT2D eigenvalue weighted by Crippen LogP contribution is -2.35. The molecule has 5 heteroatoms. The number of anilines is 1. The van der Waals surface area contributed by atoms with Crippen LogP contribution in [0.3, 0.4) is 0 Å². The van der Waals surface area contributed by atoms with Gasteiger partial charge in [-0.15, -0.1) is 0 Å². The number of hydrogen-bond donors (Lipinski definition) is 2. The number of nitrogens with one attached hydrogen (secondary N) is 1. The lowest BCUT2D eigenvalue weighted by molar-refractivity contribution is -0.128. The smallest absolute Gasteiger partial charge is 0.226 e. The first-order valence-electron chi connectivity index (χ1n) is 8.30.